The summed E-state index contributed by atoms with van der Waals surface area (Å²) in [6.07, 6.45) is 2.82. The third-order valence-corrected chi connectivity index (χ3v) is 6.59. The Morgan fingerprint density at radius 2 is 2.05 bits per heavy atom. The number of thioether (sulfide) groups is 2. The largest absolute Gasteiger partial charge is 0.309 e. The van der Waals surface area contributed by atoms with Gasteiger partial charge in [-0.2, -0.15) is 28.8 Å². The van der Waals surface area contributed by atoms with Gasteiger partial charge in [0.15, 0.2) is 0 Å². The molecular weight excluding hydrogens is 300 g/mol. The average Bonchev–Trinajstić information content (AvgIpc) is 3.34. The predicted molar refractivity (Wildman–Crippen MR) is 89.9 cm³/mol. The van der Waals surface area contributed by atoms with Gasteiger partial charge in [0.2, 0.25) is 5.91 Å². The van der Waals surface area contributed by atoms with E-state index in [0.717, 1.165) is 30.0 Å². The highest BCUT2D eigenvalue weighted by Gasteiger charge is 2.34. The van der Waals surface area contributed by atoms with E-state index in [9.17, 15) is 4.79 Å². The lowest BCUT2D eigenvalue weighted by Crippen LogP contribution is -2.35. The van der Waals surface area contributed by atoms with Gasteiger partial charge in [0.05, 0.1) is 11.6 Å². The minimum Gasteiger partial charge on any atom is -0.309 e. The van der Waals surface area contributed by atoms with Gasteiger partial charge in [0.1, 0.15) is 0 Å². The van der Waals surface area contributed by atoms with E-state index in [1.807, 2.05) is 40.6 Å². The summed E-state index contributed by atoms with van der Waals surface area (Å²) in [4.78, 5) is 14.6. The van der Waals surface area contributed by atoms with Crippen LogP contribution in [0.3, 0.4) is 0 Å². The number of nitrogens with zero attached hydrogens (tertiary/aromatic N) is 2. The van der Waals surface area contributed by atoms with Crippen molar-refractivity contribution < 1.29 is 4.79 Å². The zero-order chi connectivity index (χ0) is 14.7. The third kappa shape index (κ3) is 3.75. The fraction of sp³-hybridized carbons (Fsp3) is 0.500. The second kappa shape index (κ2) is 6.76. The summed E-state index contributed by atoms with van der Waals surface area (Å²) in [5.74, 6) is 3.69. The van der Waals surface area contributed by atoms with Crippen molar-refractivity contribution in [3.63, 3.8) is 0 Å². The minimum absolute atomic E-state index is 0.238. The molecule has 21 heavy (non-hydrogen) atoms. The Labute approximate surface area is 134 Å². The van der Waals surface area contributed by atoms with Crippen LogP contribution in [0.25, 0.3) is 0 Å². The third-order valence-electron chi connectivity index (χ3n) is 3.74. The van der Waals surface area contributed by atoms with Crippen molar-refractivity contribution in [2.75, 3.05) is 22.2 Å². The zero-order valence-corrected chi connectivity index (χ0v) is 13.5. The van der Waals surface area contributed by atoms with Gasteiger partial charge >= 0.3 is 0 Å². The fourth-order valence-corrected chi connectivity index (χ4v) is 5.21. The van der Waals surface area contributed by atoms with Gasteiger partial charge in [-0.25, -0.2) is 0 Å². The van der Waals surface area contributed by atoms with Crippen molar-refractivity contribution in [2.24, 2.45) is 0 Å². The molecule has 0 N–H and O–H groups in total. The van der Waals surface area contributed by atoms with Crippen molar-refractivity contribution in [2.45, 2.75) is 30.6 Å². The molecule has 3 rings (SSSR count). The SMILES string of the molecule is N#Cc1ccc(N(C(=O)C[C@@H]2CSCCS2)C2CC2)cc1. The predicted octanol–water partition coefficient (Wildman–Crippen LogP) is 3.29. The minimum atomic E-state index is 0.238. The van der Waals surface area contributed by atoms with Crippen LogP contribution in [0.15, 0.2) is 24.3 Å². The molecule has 3 nitrogen and oxygen atoms in total. The summed E-state index contributed by atoms with van der Waals surface area (Å²) in [6.45, 7) is 0. The first-order valence-electron chi connectivity index (χ1n) is 7.29. The number of amides is 1. The van der Waals surface area contributed by atoms with Crippen LogP contribution in [-0.2, 0) is 4.79 Å². The van der Waals surface area contributed by atoms with E-state index in [1.54, 1.807) is 12.1 Å². The summed E-state index contributed by atoms with van der Waals surface area (Å²) >= 11 is 3.88. The molecule has 1 amide bonds. The van der Waals surface area contributed by atoms with Gasteiger partial charge < -0.3 is 4.90 Å². The Morgan fingerprint density at radius 3 is 2.62 bits per heavy atom. The molecule has 2 aliphatic rings. The Bertz CT molecular complexity index is 542. The van der Waals surface area contributed by atoms with E-state index in [0.29, 0.717) is 23.3 Å². The number of anilines is 1. The molecule has 1 saturated carbocycles. The summed E-state index contributed by atoms with van der Waals surface area (Å²) in [5.41, 5.74) is 1.58. The van der Waals surface area contributed by atoms with Crippen molar-refractivity contribution in [3.8, 4) is 6.07 Å². The van der Waals surface area contributed by atoms with Crippen LogP contribution < -0.4 is 4.90 Å². The number of hydrogen-bond acceptors (Lipinski definition) is 4. The van der Waals surface area contributed by atoms with Crippen LogP contribution in [0, 0.1) is 11.3 Å². The zero-order valence-electron chi connectivity index (χ0n) is 11.8. The molecule has 1 aliphatic carbocycles. The quantitative estimate of drug-likeness (QED) is 0.854. The molecule has 1 aromatic carbocycles. The van der Waals surface area contributed by atoms with Crippen molar-refractivity contribution >= 4 is 35.1 Å². The van der Waals surface area contributed by atoms with E-state index >= 15 is 0 Å². The van der Waals surface area contributed by atoms with Crippen LogP contribution in [0.2, 0.25) is 0 Å². The van der Waals surface area contributed by atoms with Crippen LogP contribution in [0.4, 0.5) is 5.69 Å². The summed E-state index contributed by atoms with van der Waals surface area (Å²) in [7, 11) is 0. The molecule has 1 heterocycles. The number of benzene rings is 1. The maximum absolute atomic E-state index is 12.7. The second-order valence-electron chi connectivity index (χ2n) is 5.43. The Balaban J connectivity index is 1.71. The van der Waals surface area contributed by atoms with Crippen molar-refractivity contribution in [1.82, 2.24) is 0 Å². The summed E-state index contributed by atoms with van der Waals surface area (Å²) < 4.78 is 0. The lowest BCUT2D eigenvalue weighted by molar-refractivity contribution is -0.118. The van der Waals surface area contributed by atoms with E-state index in [4.69, 9.17) is 5.26 Å². The van der Waals surface area contributed by atoms with E-state index in [1.165, 1.54) is 5.75 Å². The normalized spacial score (nSPS) is 21.6. The molecule has 1 saturated heterocycles. The standard InChI is InChI=1S/C16H18N2OS2/c17-10-12-1-3-13(4-2-12)18(14-5-6-14)16(19)9-15-11-20-7-8-21-15/h1-4,14-15H,5-9,11H2/t15-/m1/s1. The van der Waals surface area contributed by atoms with Crippen LogP contribution in [-0.4, -0.2) is 34.5 Å². The molecule has 1 aromatic rings. The molecule has 0 radical (unpaired) electrons. The lowest BCUT2D eigenvalue weighted by Gasteiger charge is -2.26. The second-order valence-corrected chi connectivity index (χ2v) is 7.98. The summed E-state index contributed by atoms with van der Waals surface area (Å²) in [5, 5.41) is 9.33. The number of hydrogen-bond donors (Lipinski definition) is 0. The first-order valence-corrected chi connectivity index (χ1v) is 9.50. The van der Waals surface area contributed by atoms with Gasteiger partial charge in [-0.1, -0.05) is 0 Å². The van der Waals surface area contributed by atoms with Crippen LogP contribution in [0.1, 0.15) is 24.8 Å². The smallest absolute Gasteiger partial charge is 0.228 e. The van der Waals surface area contributed by atoms with E-state index in [2.05, 4.69) is 6.07 Å². The highest BCUT2D eigenvalue weighted by molar-refractivity contribution is 8.06. The number of rotatable bonds is 4. The maximum Gasteiger partial charge on any atom is 0.228 e. The molecule has 2 fully saturated rings. The first kappa shape index (κ1) is 14.8. The van der Waals surface area contributed by atoms with Crippen molar-refractivity contribution in [3.05, 3.63) is 29.8 Å². The van der Waals surface area contributed by atoms with Crippen molar-refractivity contribution in [1.29, 1.82) is 5.26 Å². The van der Waals surface area contributed by atoms with Gasteiger partial charge in [-0.15, -0.1) is 0 Å². The number of carbonyl (C=O) groups is 1. The maximum atomic E-state index is 12.7. The molecule has 0 aromatic heterocycles. The lowest BCUT2D eigenvalue weighted by atomic mass is 10.2. The molecule has 0 bridgehead atoms. The Morgan fingerprint density at radius 1 is 1.29 bits per heavy atom. The molecule has 0 spiro atoms. The number of nitriles is 1. The fourth-order valence-electron chi connectivity index (χ4n) is 2.54. The van der Waals surface area contributed by atoms with E-state index < -0.39 is 0 Å². The van der Waals surface area contributed by atoms with E-state index in [-0.39, 0.29) is 5.91 Å². The van der Waals surface area contributed by atoms with Crippen LogP contribution in [0.5, 0.6) is 0 Å². The van der Waals surface area contributed by atoms with Gasteiger partial charge in [-0.05, 0) is 37.1 Å². The average molecular weight is 318 g/mol. The molecule has 5 heteroatoms. The summed E-state index contributed by atoms with van der Waals surface area (Å²) in [6, 6.07) is 9.88. The highest BCUT2D eigenvalue weighted by atomic mass is 32.2. The molecule has 1 atom stereocenters. The molecule has 1 aliphatic heterocycles. The topological polar surface area (TPSA) is 44.1 Å². The monoisotopic (exact) mass is 318 g/mol. The Hall–Kier alpha value is -1.12. The number of carbonyl (C=O) groups excluding carboxylic acids is 1. The van der Waals surface area contributed by atoms with Gasteiger partial charge in [0.25, 0.3) is 0 Å². The highest BCUT2D eigenvalue weighted by Crippen LogP contribution is 2.34. The molecule has 110 valence electrons. The van der Waals surface area contributed by atoms with Gasteiger partial charge in [-0.3, -0.25) is 4.79 Å². The Kier molecular flexibility index (Phi) is 4.77. The molecular formula is C16H18N2OS2. The first-order chi connectivity index (χ1) is 10.3. The van der Waals surface area contributed by atoms with Crippen LogP contribution >= 0.6 is 23.5 Å². The molecule has 0 unspecified atom stereocenters. The van der Waals surface area contributed by atoms with Gasteiger partial charge in [0, 0.05) is 40.7 Å².